The first-order chi connectivity index (χ1) is 10.8. The fourth-order valence-electron chi connectivity index (χ4n) is 3.75. The summed E-state index contributed by atoms with van der Waals surface area (Å²) in [7, 11) is 0. The number of likely N-dealkylation sites (tertiary alicyclic amines) is 1. The molecule has 3 heteroatoms. The molecule has 1 unspecified atom stereocenters. The lowest BCUT2D eigenvalue weighted by atomic mass is 10.1. The lowest BCUT2D eigenvalue weighted by Gasteiger charge is -2.23. The van der Waals surface area contributed by atoms with Crippen LogP contribution in [0.2, 0.25) is 0 Å². The van der Waals surface area contributed by atoms with Gasteiger partial charge in [0.2, 0.25) is 5.91 Å². The van der Waals surface area contributed by atoms with Gasteiger partial charge in [-0.15, -0.1) is 0 Å². The summed E-state index contributed by atoms with van der Waals surface area (Å²) in [6.45, 7) is 6.58. The maximum Gasteiger partial charge on any atom is 0.227 e. The van der Waals surface area contributed by atoms with Crippen molar-refractivity contribution in [1.29, 1.82) is 0 Å². The Morgan fingerprint density at radius 3 is 2.36 bits per heavy atom. The van der Waals surface area contributed by atoms with E-state index in [0.29, 0.717) is 18.2 Å². The molecule has 1 aromatic rings. The quantitative estimate of drug-likeness (QED) is 0.850. The van der Waals surface area contributed by atoms with E-state index < -0.39 is 0 Å². The number of rotatable bonds is 4. The number of hydrogen-bond acceptors (Lipinski definition) is 2. The number of hydrogen-bond donors (Lipinski definition) is 0. The van der Waals surface area contributed by atoms with Crippen molar-refractivity contribution in [1.82, 2.24) is 4.90 Å². The highest BCUT2D eigenvalue weighted by atomic mass is 16.2. The van der Waals surface area contributed by atoms with E-state index >= 15 is 0 Å². The van der Waals surface area contributed by atoms with Crippen LogP contribution in [0.5, 0.6) is 0 Å². The largest absolute Gasteiger partial charge is 0.312 e. The zero-order chi connectivity index (χ0) is 15.4. The molecule has 1 amide bonds. The summed E-state index contributed by atoms with van der Waals surface area (Å²) >= 11 is 0. The minimum absolute atomic E-state index is 0.295. The molecule has 1 atom stereocenters. The van der Waals surface area contributed by atoms with E-state index in [1.54, 1.807) is 0 Å². The van der Waals surface area contributed by atoms with Crippen LogP contribution in [0.1, 0.15) is 44.6 Å². The van der Waals surface area contributed by atoms with Crippen LogP contribution in [-0.4, -0.2) is 37.0 Å². The lowest BCUT2D eigenvalue weighted by molar-refractivity contribution is -0.117. The lowest BCUT2D eigenvalue weighted by Crippen LogP contribution is -2.32. The Kier molecular flexibility index (Phi) is 5.14. The number of benzene rings is 1. The van der Waals surface area contributed by atoms with Crippen molar-refractivity contribution in [3.63, 3.8) is 0 Å². The standard InChI is InChI=1S/C19H28N2O/c1-2-16-7-9-18(10-8-16)21-15-17(13-19(21)22)14-20-11-5-3-4-6-12-20/h7-10,17H,2-6,11-15H2,1H3. The third kappa shape index (κ3) is 3.70. The van der Waals surface area contributed by atoms with Crippen LogP contribution >= 0.6 is 0 Å². The normalized spacial score (nSPS) is 23.8. The average Bonchev–Trinajstić information content (AvgIpc) is 2.74. The van der Waals surface area contributed by atoms with Gasteiger partial charge in [-0.1, -0.05) is 31.9 Å². The Bertz CT molecular complexity index is 489. The van der Waals surface area contributed by atoms with Crippen molar-refractivity contribution < 1.29 is 4.79 Å². The van der Waals surface area contributed by atoms with Gasteiger partial charge in [-0.2, -0.15) is 0 Å². The predicted octanol–water partition coefficient (Wildman–Crippen LogP) is 3.48. The first-order valence-corrected chi connectivity index (χ1v) is 8.88. The van der Waals surface area contributed by atoms with Crippen LogP contribution in [0.4, 0.5) is 5.69 Å². The molecule has 0 aromatic heterocycles. The molecule has 2 aliphatic heterocycles. The van der Waals surface area contributed by atoms with E-state index in [1.807, 2.05) is 4.90 Å². The zero-order valence-corrected chi connectivity index (χ0v) is 13.8. The second kappa shape index (κ2) is 7.28. The first kappa shape index (κ1) is 15.5. The van der Waals surface area contributed by atoms with Crippen LogP contribution in [0.25, 0.3) is 0 Å². The summed E-state index contributed by atoms with van der Waals surface area (Å²) in [6, 6.07) is 8.49. The van der Waals surface area contributed by atoms with Crippen LogP contribution in [-0.2, 0) is 11.2 Å². The molecule has 3 nitrogen and oxygen atoms in total. The van der Waals surface area contributed by atoms with Crippen LogP contribution in [0, 0.1) is 5.92 Å². The van der Waals surface area contributed by atoms with Gasteiger partial charge in [-0.3, -0.25) is 4.79 Å². The van der Waals surface area contributed by atoms with Gasteiger partial charge in [-0.25, -0.2) is 0 Å². The molecule has 0 bridgehead atoms. The van der Waals surface area contributed by atoms with Crippen molar-refractivity contribution >= 4 is 11.6 Å². The van der Waals surface area contributed by atoms with Gasteiger partial charge in [0.05, 0.1) is 0 Å². The fourth-order valence-corrected chi connectivity index (χ4v) is 3.75. The summed E-state index contributed by atoms with van der Waals surface area (Å²) in [6.07, 6.45) is 7.15. The molecule has 120 valence electrons. The molecule has 0 saturated carbocycles. The van der Waals surface area contributed by atoms with Crippen molar-refractivity contribution in [2.75, 3.05) is 31.1 Å². The zero-order valence-electron chi connectivity index (χ0n) is 13.8. The second-order valence-electron chi connectivity index (χ2n) is 6.81. The van der Waals surface area contributed by atoms with Gasteiger partial charge < -0.3 is 9.80 Å². The Balaban J connectivity index is 1.59. The number of aryl methyl sites for hydroxylation is 1. The Morgan fingerprint density at radius 2 is 1.73 bits per heavy atom. The molecule has 2 heterocycles. The van der Waals surface area contributed by atoms with Crippen molar-refractivity contribution in [3.05, 3.63) is 29.8 Å². The molecule has 0 N–H and O–H groups in total. The van der Waals surface area contributed by atoms with E-state index in [4.69, 9.17) is 0 Å². The van der Waals surface area contributed by atoms with Crippen LogP contribution < -0.4 is 4.90 Å². The smallest absolute Gasteiger partial charge is 0.227 e. The summed E-state index contributed by atoms with van der Waals surface area (Å²) in [5.41, 5.74) is 2.40. The number of nitrogens with zero attached hydrogens (tertiary/aromatic N) is 2. The van der Waals surface area contributed by atoms with Crippen LogP contribution in [0.15, 0.2) is 24.3 Å². The van der Waals surface area contributed by atoms with E-state index in [1.165, 1.54) is 44.3 Å². The average molecular weight is 300 g/mol. The number of carbonyl (C=O) groups is 1. The molecule has 2 fully saturated rings. The van der Waals surface area contributed by atoms with E-state index in [2.05, 4.69) is 36.1 Å². The summed E-state index contributed by atoms with van der Waals surface area (Å²) < 4.78 is 0. The molecular weight excluding hydrogens is 272 g/mol. The third-order valence-electron chi connectivity index (χ3n) is 5.08. The topological polar surface area (TPSA) is 23.6 Å². The highest BCUT2D eigenvalue weighted by Crippen LogP contribution is 2.26. The number of carbonyl (C=O) groups excluding carboxylic acids is 1. The Labute approximate surface area is 134 Å². The van der Waals surface area contributed by atoms with E-state index in [-0.39, 0.29) is 0 Å². The predicted molar refractivity (Wildman–Crippen MR) is 91.2 cm³/mol. The highest BCUT2D eigenvalue weighted by Gasteiger charge is 2.31. The molecule has 22 heavy (non-hydrogen) atoms. The molecule has 0 spiro atoms. The maximum absolute atomic E-state index is 12.4. The van der Waals surface area contributed by atoms with Gasteiger partial charge in [0.25, 0.3) is 0 Å². The van der Waals surface area contributed by atoms with Gasteiger partial charge in [0.1, 0.15) is 0 Å². The monoisotopic (exact) mass is 300 g/mol. The molecular formula is C19H28N2O. The molecule has 2 aliphatic rings. The first-order valence-electron chi connectivity index (χ1n) is 8.88. The summed E-state index contributed by atoms with van der Waals surface area (Å²) in [5.74, 6) is 0.792. The fraction of sp³-hybridized carbons (Fsp3) is 0.632. The minimum Gasteiger partial charge on any atom is -0.312 e. The summed E-state index contributed by atoms with van der Waals surface area (Å²) in [4.78, 5) is 16.9. The highest BCUT2D eigenvalue weighted by molar-refractivity contribution is 5.95. The molecule has 3 rings (SSSR count). The van der Waals surface area contributed by atoms with Crippen molar-refractivity contribution in [2.24, 2.45) is 5.92 Å². The Hall–Kier alpha value is -1.35. The van der Waals surface area contributed by atoms with Gasteiger partial charge in [-0.05, 0) is 56.0 Å². The van der Waals surface area contributed by atoms with Gasteiger partial charge in [0, 0.05) is 25.2 Å². The van der Waals surface area contributed by atoms with Gasteiger partial charge >= 0.3 is 0 Å². The summed E-state index contributed by atoms with van der Waals surface area (Å²) in [5, 5.41) is 0. The second-order valence-corrected chi connectivity index (χ2v) is 6.81. The SMILES string of the molecule is CCc1ccc(N2CC(CN3CCCCCC3)CC2=O)cc1. The van der Waals surface area contributed by atoms with Crippen LogP contribution in [0.3, 0.4) is 0 Å². The third-order valence-corrected chi connectivity index (χ3v) is 5.08. The maximum atomic E-state index is 12.4. The van der Waals surface area contributed by atoms with E-state index in [9.17, 15) is 4.79 Å². The molecule has 0 aliphatic carbocycles. The molecule has 0 radical (unpaired) electrons. The minimum atomic E-state index is 0.295. The number of amides is 1. The van der Waals surface area contributed by atoms with Crippen molar-refractivity contribution in [2.45, 2.75) is 45.4 Å². The van der Waals surface area contributed by atoms with Gasteiger partial charge in [0.15, 0.2) is 0 Å². The molecule has 2 saturated heterocycles. The van der Waals surface area contributed by atoms with E-state index in [0.717, 1.165) is 25.2 Å². The number of anilines is 1. The molecule has 1 aromatic carbocycles. The van der Waals surface area contributed by atoms with Crippen molar-refractivity contribution in [3.8, 4) is 0 Å². The Morgan fingerprint density at radius 1 is 1.05 bits per heavy atom.